The number of ketones is 1. The van der Waals surface area contributed by atoms with Gasteiger partial charge in [-0.2, -0.15) is 0 Å². The lowest BCUT2D eigenvalue weighted by molar-refractivity contribution is -0.141. The SMILES string of the molecule is CCOC(=O)C(=CN(C)C)C(=O)C1CCOCC1. The van der Waals surface area contributed by atoms with Gasteiger partial charge in [-0.15, -0.1) is 0 Å². The van der Waals surface area contributed by atoms with Crippen LogP contribution < -0.4 is 0 Å². The van der Waals surface area contributed by atoms with E-state index in [0.717, 1.165) is 0 Å². The van der Waals surface area contributed by atoms with Crippen LogP contribution in [0.25, 0.3) is 0 Å². The fourth-order valence-electron chi connectivity index (χ4n) is 1.86. The summed E-state index contributed by atoms with van der Waals surface area (Å²) in [4.78, 5) is 25.8. The largest absolute Gasteiger partial charge is 0.462 e. The maximum atomic E-state index is 12.3. The minimum atomic E-state index is -0.539. The number of Topliss-reactive ketones (excluding diaryl/α,β-unsaturated/α-hetero) is 1. The average Bonchev–Trinajstić information content (AvgIpc) is 2.36. The second-order valence-corrected chi connectivity index (χ2v) is 4.48. The third-order valence-electron chi connectivity index (χ3n) is 2.74. The van der Waals surface area contributed by atoms with Crippen molar-refractivity contribution in [2.75, 3.05) is 33.9 Å². The van der Waals surface area contributed by atoms with Gasteiger partial charge in [0.2, 0.25) is 0 Å². The van der Waals surface area contributed by atoms with Crippen molar-refractivity contribution >= 4 is 11.8 Å². The van der Waals surface area contributed by atoms with E-state index in [1.54, 1.807) is 25.9 Å². The van der Waals surface area contributed by atoms with Crippen LogP contribution in [0.15, 0.2) is 11.8 Å². The molecule has 0 unspecified atom stereocenters. The van der Waals surface area contributed by atoms with Gasteiger partial charge in [0.05, 0.1) is 6.61 Å². The van der Waals surface area contributed by atoms with Crippen molar-refractivity contribution in [1.29, 1.82) is 0 Å². The second kappa shape index (κ2) is 7.16. The highest BCUT2D eigenvalue weighted by atomic mass is 16.5. The van der Waals surface area contributed by atoms with E-state index in [1.165, 1.54) is 6.20 Å². The Morgan fingerprint density at radius 1 is 1.33 bits per heavy atom. The Morgan fingerprint density at radius 2 is 1.94 bits per heavy atom. The van der Waals surface area contributed by atoms with Crippen molar-refractivity contribution in [3.63, 3.8) is 0 Å². The van der Waals surface area contributed by atoms with Crippen molar-refractivity contribution in [1.82, 2.24) is 4.90 Å². The summed E-state index contributed by atoms with van der Waals surface area (Å²) in [5.41, 5.74) is 0.133. The first-order valence-electron chi connectivity index (χ1n) is 6.23. The molecule has 0 atom stereocenters. The van der Waals surface area contributed by atoms with Crippen LogP contribution in [-0.4, -0.2) is 50.6 Å². The van der Waals surface area contributed by atoms with Crippen LogP contribution >= 0.6 is 0 Å². The van der Waals surface area contributed by atoms with E-state index in [1.807, 2.05) is 0 Å². The Kier molecular flexibility index (Phi) is 5.85. The Labute approximate surface area is 108 Å². The van der Waals surface area contributed by atoms with Crippen molar-refractivity contribution < 1.29 is 19.1 Å². The average molecular weight is 255 g/mol. The predicted molar refractivity (Wildman–Crippen MR) is 67.0 cm³/mol. The molecule has 0 amide bonds. The van der Waals surface area contributed by atoms with Crippen molar-refractivity contribution in [2.45, 2.75) is 19.8 Å². The van der Waals surface area contributed by atoms with Gasteiger partial charge >= 0.3 is 5.97 Å². The normalized spacial score (nSPS) is 17.4. The lowest BCUT2D eigenvalue weighted by Crippen LogP contribution is -2.29. The Balaban J connectivity index is 2.81. The molecule has 1 aliphatic rings. The zero-order valence-electron chi connectivity index (χ0n) is 11.3. The van der Waals surface area contributed by atoms with E-state index in [2.05, 4.69) is 0 Å². The molecule has 1 aliphatic heterocycles. The number of hydrogen-bond acceptors (Lipinski definition) is 5. The zero-order chi connectivity index (χ0) is 13.5. The first-order valence-corrected chi connectivity index (χ1v) is 6.23. The molecule has 0 aromatic heterocycles. The molecule has 0 aromatic carbocycles. The van der Waals surface area contributed by atoms with E-state index < -0.39 is 5.97 Å². The summed E-state index contributed by atoms with van der Waals surface area (Å²) >= 11 is 0. The molecule has 0 bridgehead atoms. The third kappa shape index (κ3) is 4.14. The molecule has 1 fully saturated rings. The molecule has 0 radical (unpaired) electrons. The lowest BCUT2D eigenvalue weighted by atomic mass is 9.91. The van der Waals surface area contributed by atoms with Crippen molar-refractivity contribution in [3.05, 3.63) is 11.8 Å². The Morgan fingerprint density at radius 3 is 2.44 bits per heavy atom. The molecule has 1 rings (SSSR count). The monoisotopic (exact) mass is 255 g/mol. The summed E-state index contributed by atoms with van der Waals surface area (Å²) < 4.78 is 10.2. The predicted octanol–water partition coefficient (Wildman–Crippen LogP) is 0.991. The minimum Gasteiger partial charge on any atom is -0.462 e. The maximum Gasteiger partial charge on any atom is 0.343 e. The van der Waals surface area contributed by atoms with E-state index in [9.17, 15) is 9.59 Å². The van der Waals surface area contributed by atoms with Crippen LogP contribution in [0.4, 0.5) is 0 Å². The number of carbonyl (C=O) groups excluding carboxylic acids is 2. The van der Waals surface area contributed by atoms with Crippen LogP contribution in [0.5, 0.6) is 0 Å². The number of ether oxygens (including phenoxy) is 2. The first-order chi connectivity index (χ1) is 8.56. The number of carbonyl (C=O) groups is 2. The molecule has 18 heavy (non-hydrogen) atoms. The number of nitrogens with zero attached hydrogens (tertiary/aromatic N) is 1. The van der Waals surface area contributed by atoms with Gasteiger partial charge in [0, 0.05) is 39.4 Å². The molecule has 0 aliphatic carbocycles. The molecular formula is C13H21NO4. The van der Waals surface area contributed by atoms with Gasteiger partial charge in [-0.1, -0.05) is 0 Å². The van der Waals surface area contributed by atoms with Crippen molar-refractivity contribution in [3.8, 4) is 0 Å². The number of hydrogen-bond donors (Lipinski definition) is 0. The summed E-state index contributed by atoms with van der Waals surface area (Å²) in [5.74, 6) is -0.803. The standard InChI is InChI=1S/C13H21NO4/c1-4-18-13(16)11(9-14(2)3)12(15)10-5-7-17-8-6-10/h9-10H,4-8H2,1-3H3. The number of esters is 1. The molecule has 5 nitrogen and oxygen atoms in total. The van der Waals surface area contributed by atoms with E-state index in [0.29, 0.717) is 26.1 Å². The van der Waals surface area contributed by atoms with E-state index in [4.69, 9.17) is 9.47 Å². The second-order valence-electron chi connectivity index (χ2n) is 4.48. The smallest absolute Gasteiger partial charge is 0.343 e. The molecule has 102 valence electrons. The van der Waals surface area contributed by atoms with E-state index >= 15 is 0 Å². The highest BCUT2D eigenvalue weighted by Gasteiger charge is 2.29. The molecule has 5 heteroatoms. The van der Waals surface area contributed by atoms with Crippen LogP contribution in [0.3, 0.4) is 0 Å². The number of rotatable bonds is 5. The fraction of sp³-hybridized carbons (Fsp3) is 0.692. The van der Waals surface area contributed by atoms with Crippen LogP contribution in [0.1, 0.15) is 19.8 Å². The minimum absolute atomic E-state index is 0.130. The molecule has 1 heterocycles. The van der Waals surface area contributed by atoms with E-state index in [-0.39, 0.29) is 23.9 Å². The maximum absolute atomic E-state index is 12.3. The van der Waals surface area contributed by atoms with Crippen molar-refractivity contribution in [2.24, 2.45) is 5.92 Å². The van der Waals surface area contributed by atoms with Gasteiger partial charge in [-0.25, -0.2) is 4.79 Å². The van der Waals surface area contributed by atoms with Gasteiger partial charge in [0.25, 0.3) is 0 Å². The van der Waals surface area contributed by atoms with Gasteiger partial charge in [0.1, 0.15) is 5.57 Å². The third-order valence-corrected chi connectivity index (χ3v) is 2.74. The van der Waals surface area contributed by atoms with Crippen LogP contribution in [0, 0.1) is 5.92 Å². The summed E-state index contributed by atoms with van der Waals surface area (Å²) in [6.07, 6.45) is 2.88. The van der Waals surface area contributed by atoms with Gasteiger partial charge < -0.3 is 14.4 Å². The summed E-state index contributed by atoms with van der Waals surface area (Å²) in [6, 6.07) is 0. The molecule has 0 aromatic rings. The summed E-state index contributed by atoms with van der Waals surface area (Å²) in [5, 5.41) is 0. The summed E-state index contributed by atoms with van der Waals surface area (Å²) in [6.45, 7) is 3.15. The van der Waals surface area contributed by atoms with Crippen LogP contribution in [-0.2, 0) is 19.1 Å². The highest BCUT2D eigenvalue weighted by molar-refractivity contribution is 6.18. The van der Waals surface area contributed by atoms with Gasteiger partial charge in [-0.3, -0.25) is 4.79 Å². The molecule has 1 saturated heterocycles. The Hall–Kier alpha value is -1.36. The Bertz CT molecular complexity index is 330. The first kappa shape index (κ1) is 14.7. The summed E-state index contributed by atoms with van der Waals surface area (Å²) in [7, 11) is 3.55. The zero-order valence-corrected chi connectivity index (χ0v) is 11.3. The molecule has 0 N–H and O–H groups in total. The van der Waals surface area contributed by atoms with Gasteiger partial charge in [0.15, 0.2) is 5.78 Å². The van der Waals surface area contributed by atoms with Crippen LogP contribution in [0.2, 0.25) is 0 Å². The quantitative estimate of drug-likeness (QED) is 0.317. The molecule has 0 spiro atoms. The molecular weight excluding hydrogens is 234 g/mol. The topological polar surface area (TPSA) is 55.8 Å². The fourth-order valence-corrected chi connectivity index (χ4v) is 1.86. The highest BCUT2D eigenvalue weighted by Crippen LogP contribution is 2.20. The lowest BCUT2D eigenvalue weighted by Gasteiger charge is -2.22. The molecule has 0 saturated carbocycles. The van der Waals surface area contributed by atoms with Gasteiger partial charge in [-0.05, 0) is 19.8 Å².